The summed E-state index contributed by atoms with van der Waals surface area (Å²) < 4.78 is 0. The van der Waals surface area contributed by atoms with Crippen LogP contribution in [0.1, 0.15) is 23.5 Å². The number of amides is 1. The summed E-state index contributed by atoms with van der Waals surface area (Å²) in [6, 6.07) is 0. The molecule has 0 aliphatic rings. The summed E-state index contributed by atoms with van der Waals surface area (Å²) in [4.78, 5) is 16.2. The number of nitrogen functional groups attached to an aromatic ring is 1. The summed E-state index contributed by atoms with van der Waals surface area (Å²) in [5, 5.41) is 15.2. The highest BCUT2D eigenvalue weighted by Gasteiger charge is 2.16. The Morgan fingerprint density at radius 1 is 1.65 bits per heavy atom. The van der Waals surface area contributed by atoms with E-state index in [0.29, 0.717) is 16.6 Å². The number of nitrogens with one attached hydrogen (secondary N) is 2. The minimum atomic E-state index is -0.246. The second kappa shape index (κ2) is 6.41. The summed E-state index contributed by atoms with van der Waals surface area (Å²) in [5.41, 5.74) is 5.66. The van der Waals surface area contributed by atoms with Crippen molar-refractivity contribution in [2.75, 3.05) is 30.7 Å². The molecule has 0 spiro atoms. The van der Waals surface area contributed by atoms with Crippen LogP contribution in [0.3, 0.4) is 0 Å². The SMILES string of the molecule is CCNc1nc(N)c(C(=O)NCC(C)CO)s1. The second-order valence-electron chi connectivity index (χ2n) is 3.76. The van der Waals surface area contributed by atoms with Gasteiger partial charge in [-0.2, -0.15) is 0 Å². The summed E-state index contributed by atoms with van der Waals surface area (Å²) in [5.74, 6) is 0.0193. The minimum absolute atomic E-state index is 0.0290. The van der Waals surface area contributed by atoms with Crippen molar-refractivity contribution in [1.82, 2.24) is 10.3 Å². The molecule has 0 saturated heterocycles. The van der Waals surface area contributed by atoms with Crippen LogP contribution in [0.5, 0.6) is 0 Å². The topological polar surface area (TPSA) is 100 Å². The molecule has 0 radical (unpaired) electrons. The average molecular weight is 258 g/mol. The van der Waals surface area contributed by atoms with Crippen molar-refractivity contribution in [2.45, 2.75) is 13.8 Å². The third kappa shape index (κ3) is 3.86. The van der Waals surface area contributed by atoms with Gasteiger partial charge >= 0.3 is 0 Å². The first-order valence-electron chi connectivity index (χ1n) is 5.47. The number of carbonyl (C=O) groups is 1. The standard InChI is InChI=1S/C10H18N4O2S/c1-3-12-10-14-8(11)7(17-10)9(16)13-4-6(2)5-15/h6,15H,3-5,11H2,1-2H3,(H,12,14)(H,13,16). The lowest BCUT2D eigenvalue weighted by atomic mass is 10.2. The molecule has 6 nitrogen and oxygen atoms in total. The maximum absolute atomic E-state index is 11.8. The van der Waals surface area contributed by atoms with Gasteiger partial charge < -0.3 is 21.5 Å². The van der Waals surface area contributed by atoms with E-state index < -0.39 is 0 Å². The Labute approximate surface area is 104 Å². The summed E-state index contributed by atoms with van der Waals surface area (Å²) in [6.07, 6.45) is 0. The normalized spacial score (nSPS) is 12.2. The number of aliphatic hydroxyl groups excluding tert-OH is 1. The highest BCUT2D eigenvalue weighted by Crippen LogP contribution is 2.24. The van der Waals surface area contributed by atoms with E-state index in [1.807, 2.05) is 13.8 Å². The number of hydrogen-bond acceptors (Lipinski definition) is 6. The van der Waals surface area contributed by atoms with Gasteiger partial charge in [0.15, 0.2) is 5.13 Å². The highest BCUT2D eigenvalue weighted by atomic mass is 32.1. The van der Waals surface area contributed by atoms with Gasteiger partial charge in [0.25, 0.3) is 5.91 Å². The van der Waals surface area contributed by atoms with Crippen LogP contribution in [-0.2, 0) is 0 Å². The van der Waals surface area contributed by atoms with E-state index in [1.165, 1.54) is 11.3 Å². The number of nitrogens with zero attached hydrogens (tertiary/aromatic N) is 1. The molecule has 96 valence electrons. The van der Waals surface area contributed by atoms with E-state index in [1.54, 1.807) is 0 Å². The number of anilines is 2. The number of carbonyl (C=O) groups excluding carboxylic acids is 1. The van der Waals surface area contributed by atoms with Gasteiger partial charge in [0.05, 0.1) is 0 Å². The lowest BCUT2D eigenvalue weighted by Crippen LogP contribution is -2.29. The van der Waals surface area contributed by atoms with Gasteiger partial charge in [-0.25, -0.2) is 4.98 Å². The predicted octanol–water partition coefficient (Wildman–Crippen LogP) is 0.515. The van der Waals surface area contributed by atoms with Crippen molar-refractivity contribution in [1.29, 1.82) is 0 Å². The van der Waals surface area contributed by atoms with Gasteiger partial charge in [0.1, 0.15) is 10.7 Å². The van der Waals surface area contributed by atoms with E-state index in [-0.39, 0.29) is 24.2 Å². The Hall–Kier alpha value is -1.34. The Morgan fingerprint density at radius 3 is 2.94 bits per heavy atom. The zero-order chi connectivity index (χ0) is 12.8. The maximum atomic E-state index is 11.8. The van der Waals surface area contributed by atoms with Gasteiger partial charge in [-0.05, 0) is 12.8 Å². The number of hydrogen-bond donors (Lipinski definition) is 4. The molecule has 0 aliphatic heterocycles. The fraction of sp³-hybridized carbons (Fsp3) is 0.600. The monoisotopic (exact) mass is 258 g/mol. The maximum Gasteiger partial charge on any atom is 0.265 e. The van der Waals surface area contributed by atoms with Gasteiger partial charge in [-0.15, -0.1) is 0 Å². The quantitative estimate of drug-likeness (QED) is 0.596. The van der Waals surface area contributed by atoms with Crippen LogP contribution in [0.15, 0.2) is 0 Å². The average Bonchev–Trinajstić information content (AvgIpc) is 2.67. The molecule has 17 heavy (non-hydrogen) atoms. The molecule has 5 N–H and O–H groups in total. The van der Waals surface area contributed by atoms with E-state index >= 15 is 0 Å². The number of aliphatic hydroxyl groups is 1. The molecule has 0 aliphatic carbocycles. The molecule has 0 saturated carbocycles. The third-order valence-electron chi connectivity index (χ3n) is 2.11. The smallest absolute Gasteiger partial charge is 0.265 e. The van der Waals surface area contributed by atoms with Gasteiger partial charge in [0.2, 0.25) is 0 Å². The van der Waals surface area contributed by atoms with Crippen LogP contribution in [0.4, 0.5) is 10.9 Å². The van der Waals surface area contributed by atoms with Crippen LogP contribution in [-0.4, -0.2) is 35.7 Å². The minimum Gasteiger partial charge on any atom is -0.396 e. The molecule has 1 rings (SSSR count). The second-order valence-corrected chi connectivity index (χ2v) is 4.76. The first-order chi connectivity index (χ1) is 8.08. The van der Waals surface area contributed by atoms with E-state index in [0.717, 1.165) is 6.54 Å². The number of rotatable bonds is 6. The Kier molecular flexibility index (Phi) is 5.17. The fourth-order valence-corrected chi connectivity index (χ4v) is 2.00. The molecule has 1 atom stereocenters. The van der Waals surface area contributed by atoms with Crippen LogP contribution >= 0.6 is 11.3 Å². The zero-order valence-corrected chi connectivity index (χ0v) is 10.8. The van der Waals surface area contributed by atoms with Gasteiger partial charge in [-0.1, -0.05) is 18.3 Å². The summed E-state index contributed by atoms with van der Waals surface area (Å²) >= 11 is 1.23. The highest BCUT2D eigenvalue weighted by molar-refractivity contribution is 7.18. The molecule has 0 aromatic carbocycles. The Balaban J connectivity index is 2.62. The van der Waals surface area contributed by atoms with E-state index in [2.05, 4.69) is 15.6 Å². The van der Waals surface area contributed by atoms with E-state index in [9.17, 15) is 4.79 Å². The van der Waals surface area contributed by atoms with Crippen molar-refractivity contribution < 1.29 is 9.90 Å². The number of aromatic nitrogens is 1. The molecular weight excluding hydrogens is 240 g/mol. The largest absolute Gasteiger partial charge is 0.396 e. The van der Waals surface area contributed by atoms with Crippen molar-refractivity contribution >= 4 is 28.2 Å². The molecule has 7 heteroatoms. The van der Waals surface area contributed by atoms with Crippen molar-refractivity contribution in [3.63, 3.8) is 0 Å². The van der Waals surface area contributed by atoms with Crippen LogP contribution in [0.2, 0.25) is 0 Å². The summed E-state index contributed by atoms with van der Waals surface area (Å²) in [6.45, 7) is 4.99. The zero-order valence-electron chi connectivity index (χ0n) is 9.99. The number of nitrogens with two attached hydrogens (primary N) is 1. The van der Waals surface area contributed by atoms with Crippen molar-refractivity contribution in [2.24, 2.45) is 5.92 Å². The lowest BCUT2D eigenvalue weighted by molar-refractivity contribution is 0.0947. The Morgan fingerprint density at radius 2 is 2.35 bits per heavy atom. The molecular formula is C10H18N4O2S. The molecule has 1 amide bonds. The Bertz CT molecular complexity index is 380. The fourth-order valence-electron chi connectivity index (χ4n) is 1.13. The summed E-state index contributed by atoms with van der Waals surface area (Å²) in [7, 11) is 0. The molecule has 0 bridgehead atoms. The van der Waals surface area contributed by atoms with E-state index in [4.69, 9.17) is 10.8 Å². The van der Waals surface area contributed by atoms with Crippen LogP contribution < -0.4 is 16.4 Å². The van der Waals surface area contributed by atoms with Crippen LogP contribution in [0.25, 0.3) is 0 Å². The number of thiazole rings is 1. The molecule has 1 aromatic heterocycles. The lowest BCUT2D eigenvalue weighted by Gasteiger charge is -2.08. The van der Waals surface area contributed by atoms with Gasteiger partial charge in [0, 0.05) is 19.7 Å². The molecule has 1 aromatic rings. The van der Waals surface area contributed by atoms with Crippen molar-refractivity contribution in [3.8, 4) is 0 Å². The molecule has 0 fully saturated rings. The van der Waals surface area contributed by atoms with Crippen molar-refractivity contribution in [3.05, 3.63) is 4.88 Å². The molecule has 1 unspecified atom stereocenters. The van der Waals surface area contributed by atoms with Crippen LogP contribution in [0, 0.1) is 5.92 Å². The third-order valence-corrected chi connectivity index (χ3v) is 3.14. The predicted molar refractivity (Wildman–Crippen MR) is 69.3 cm³/mol. The van der Waals surface area contributed by atoms with Gasteiger partial charge in [-0.3, -0.25) is 4.79 Å². The first-order valence-corrected chi connectivity index (χ1v) is 6.29. The molecule has 1 heterocycles. The first kappa shape index (κ1) is 13.7.